The number of hydrogen-bond donors (Lipinski definition) is 3. The number of ether oxygens (including phenoxy) is 4. The van der Waals surface area contributed by atoms with E-state index in [1.165, 1.54) is 116 Å². The average molecular weight is 1240 g/mol. The van der Waals surface area contributed by atoms with Gasteiger partial charge in [0.2, 0.25) is 0 Å². The molecule has 0 radical (unpaired) electrons. The third-order valence-corrected chi connectivity index (χ3v) is 16.8. The van der Waals surface area contributed by atoms with Crippen LogP contribution in [0.4, 0.5) is 0 Å². The Hall–Kier alpha value is -1.94. The monoisotopic (exact) mass is 1240 g/mol. The lowest BCUT2D eigenvalue weighted by Crippen LogP contribution is -2.30. The lowest BCUT2D eigenvalue weighted by Gasteiger charge is -2.21. The van der Waals surface area contributed by atoms with Gasteiger partial charge in [-0.3, -0.25) is 37.3 Å². The molecule has 498 valence electrons. The van der Waals surface area contributed by atoms with Gasteiger partial charge in [0.05, 0.1) is 26.4 Å². The van der Waals surface area contributed by atoms with E-state index in [1.807, 2.05) is 0 Å². The first kappa shape index (κ1) is 82.1. The van der Waals surface area contributed by atoms with Gasteiger partial charge >= 0.3 is 39.5 Å². The number of hydrogen-bond acceptors (Lipinski definition) is 15. The highest BCUT2D eigenvalue weighted by Gasteiger charge is 2.30. The molecular formula is C65H126O17P2. The maximum Gasteiger partial charge on any atom is 0.472 e. The molecule has 2 unspecified atom stereocenters. The first-order chi connectivity index (χ1) is 40.2. The van der Waals surface area contributed by atoms with Crippen molar-refractivity contribution in [2.45, 2.75) is 336 Å². The Kier molecular flexibility index (Phi) is 55.0. The summed E-state index contributed by atoms with van der Waals surface area (Å²) in [4.78, 5) is 72.1. The van der Waals surface area contributed by atoms with Crippen LogP contribution in [0.15, 0.2) is 0 Å². The zero-order valence-electron chi connectivity index (χ0n) is 54.4. The quantitative estimate of drug-likeness (QED) is 0.0222. The molecule has 17 nitrogen and oxygen atoms in total. The molecule has 84 heavy (non-hydrogen) atoms. The van der Waals surface area contributed by atoms with Crippen LogP contribution in [0, 0.1) is 17.8 Å². The zero-order valence-corrected chi connectivity index (χ0v) is 56.1. The van der Waals surface area contributed by atoms with Gasteiger partial charge in [0.15, 0.2) is 12.2 Å². The van der Waals surface area contributed by atoms with Crippen molar-refractivity contribution in [2.75, 3.05) is 39.6 Å². The highest BCUT2D eigenvalue weighted by Crippen LogP contribution is 2.45. The summed E-state index contributed by atoms with van der Waals surface area (Å²) in [7, 11) is -9.88. The minimum Gasteiger partial charge on any atom is -0.462 e. The molecule has 0 aliphatic rings. The van der Waals surface area contributed by atoms with E-state index < -0.39 is 97.5 Å². The number of aliphatic hydroxyl groups is 1. The largest absolute Gasteiger partial charge is 0.472 e. The SMILES string of the molecule is CCCCCCCCCC(=O)OC[C@H](COP(=O)(O)OC[C@H](O)COP(=O)(O)OC[C@@H](COC(=O)CCCCCCCCCCCC(C)C)OC(=O)CCCCCCCCCCCCCCCC(C)C)OC(=O)CCCCCCCCC(C)C. The van der Waals surface area contributed by atoms with E-state index in [9.17, 15) is 43.2 Å². The van der Waals surface area contributed by atoms with Gasteiger partial charge in [-0.2, -0.15) is 0 Å². The molecule has 0 saturated carbocycles. The van der Waals surface area contributed by atoms with Crippen molar-refractivity contribution in [1.29, 1.82) is 0 Å². The molecule has 0 aromatic carbocycles. The third kappa shape index (κ3) is 59.0. The molecule has 0 aromatic heterocycles. The Morgan fingerprint density at radius 2 is 0.548 bits per heavy atom. The lowest BCUT2D eigenvalue weighted by molar-refractivity contribution is -0.161. The van der Waals surface area contributed by atoms with Crippen molar-refractivity contribution < 1.29 is 80.2 Å². The van der Waals surface area contributed by atoms with Crippen molar-refractivity contribution in [1.82, 2.24) is 0 Å². The number of carbonyl (C=O) groups is 4. The van der Waals surface area contributed by atoms with Crippen LogP contribution in [0.2, 0.25) is 0 Å². The van der Waals surface area contributed by atoms with Gasteiger partial charge in [0.25, 0.3) is 0 Å². The number of aliphatic hydroxyl groups excluding tert-OH is 1. The highest BCUT2D eigenvalue weighted by molar-refractivity contribution is 7.47. The van der Waals surface area contributed by atoms with Crippen LogP contribution in [0.25, 0.3) is 0 Å². The van der Waals surface area contributed by atoms with Gasteiger partial charge < -0.3 is 33.8 Å². The predicted molar refractivity (Wildman–Crippen MR) is 335 cm³/mol. The number of unbranched alkanes of at least 4 members (excludes halogenated alkanes) is 31. The summed E-state index contributed by atoms with van der Waals surface area (Å²) in [5.41, 5.74) is 0. The number of carbonyl (C=O) groups excluding carboxylic acids is 4. The second-order valence-electron chi connectivity index (χ2n) is 24.9. The molecule has 0 spiro atoms. The Morgan fingerprint density at radius 3 is 0.810 bits per heavy atom. The number of phosphoric ester groups is 2. The Bertz CT molecular complexity index is 1660. The van der Waals surface area contributed by atoms with Gasteiger partial charge in [-0.15, -0.1) is 0 Å². The molecule has 0 heterocycles. The van der Waals surface area contributed by atoms with E-state index in [4.69, 9.17) is 37.0 Å². The summed E-state index contributed by atoms with van der Waals surface area (Å²) in [6, 6.07) is 0. The van der Waals surface area contributed by atoms with Gasteiger partial charge in [0, 0.05) is 25.7 Å². The van der Waals surface area contributed by atoms with Gasteiger partial charge in [-0.25, -0.2) is 9.13 Å². The van der Waals surface area contributed by atoms with Crippen LogP contribution < -0.4 is 0 Å². The zero-order chi connectivity index (χ0) is 62.4. The lowest BCUT2D eigenvalue weighted by atomic mass is 10.0. The van der Waals surface area contributed by atoms with Crippen LogP contribution in [0.3, 0.4) is 0 Å². The summed E-state index contributed by atoms with van der Waals surface area (Å²) in [6.07, 6.45) is 37.9. The smallest absolute Gasteiger partial charge is 0.462 e. The van der Waals surface area contributed by atoms with Crippen molar-refractivity contribution in [3.05, 3.63) is 0 Å². The van der Waals surface area contributed by atoms with Gasteiger partial charge in [-0.1, -0.05) is 267 Å². The van der Waals surface area contributed by atoms with Crippen molar-refractivity contribution in [2.24, 2.45) is 17.8 Å². The maximum absolute atomic E-state index is 13.0. The fraction of sp³-hybridized carbons (Fsp3) is 0.938. The fourth-order valence-corrected chi connectivity index (χ4v) is 11.2. The summed E-state index contributed by atoms with van der Waals surface area (Å²) in [6.45, 7) is 11.7. The topological polar surface area (TPSA) is 237 Å². The summed E-state index contributed by atoms with van der Waals surface area (Å²) in [5.74, 6) is 0.0580. The Morgan fingerprint density at radius 1 is 0.321 bits per heavy atom. The minimum absolute atomic E-state index is 0.101. The molecule has 0 saturated heterocycles. The highest BCUT2D eigenvalue weighted by atomic mass is 31.2. The predicted octanol–water partition coefficient (Wildman–Crippen LogP) is 17.9. The summed E-state index contributed by atoms with van der Waals surface area (Å²) in [5, 5.41) is 10.5. The molecule has 19 heteroatoms. The number of phosphoric acid groups is 2. The number of rotatable bonds is 63. The molecule has 5 atom stereocenters. The maximum atomic E-state index is 13.0. The molecule has 0 aliphatic carbocycles. The molecular weight excluding hydrogens is 1110 g/mol. The third-order valence-electron chi connectivity index (χ3n) is 14.9. The van der Waals surface area contributed by atoms with Crippen LogP contribution in [-0.2, 0) is 65.4 Å². The van der Waals surface area contributed by atoms with Crippen LogP contribution in [0.1, 0.15) is 318 Å². The van der Waals surface area contributed by atoms with Crippen LogP contribution >= 0.6 is 15.6 Å². The first-order valence-electron chi connectivity index (χ1n) is 33.8. The van der Waals surface area contributed by atoms with E-state index in [1.54, 1.807) is 0 Å². The summed E-state index contributed by atoms with van der Waals surface area (Å²) >= 11 is 0. The van der Waals surface area contributed by atoms with E-state index in [-0.39, 0.29) is 25.7 Å². The second-order valence-corrected chi connectivity index (χ2v) is 27.8. The minimum atomic E-state index is -4.95. The molecule has 0 rings (SSSR count). The molecule has 0 fully saturated rings. The normalized spacial score (nSPS) is 14.3. The Labute approximate surface area is 511 Å². The first-order valence-corrected chi connectivity index (χ1v) is 36.8. The van der Waals surface area contributed by atoms with E-state index in [0.717, 1.165) is 115 Å². The standard InChI is InChI=1S/C65H126O17P2/c1-8-9-10-11-22-32-39-46-62(67)75-52-61(82-65(70)49-42-35-28-27-31-38-45-58(6)7)55-80-84(73,74)78-51-59(66)50-77-83(71,72)79-54-60(53-76-63(68)47-40-33-25-21-17-19-24-30-37-44-57(4)5)81-64(69)48-41-34-26-20-16-14-12-13-15-18-23-29-36-43-56(2)3/h56-61,66H,8-55H2,1-7H3,(H,71,72)(H,73,74)/t59-,60-,61-/m1/s1. The molecule has 0 aliphatic heterocycles. The summed E-state index contributed by atoms with van der Waals surface area (Å²) < 4.78 is 67.9. The Balaban J connectivity index is 5.20. The average Bonchev–Trinajstić information content (AvgIpc) is 3.47. The van der Waals surface area contributed by atoms with Gasteiger partial charge in [0.1, 0.15) is 19.3 Å². The van der Waals surface area contributed by atoms with E-state index >= 15 is 0 Å². The molecule has 0 aromatic rings. The van der Waals surface area contributed by atoms with Crippen molar-refractivity contribution in [3.63, 3.8) is 0 Å². The van der Waals surface area contributed by atoms with E-state index in [2.05, 4.69) is 48.5 Å². The number of esters is 4. The van der Waals surface area contributed by atoms with Crippen LogP contribution in [-0.4, -0.2) is 96.7 Å². The fourth-order valence-electron chi connectivity index (χ4n) is 9.66. The molecule has 3 N–H and O–H groups in total. The van der Waals surface area contributed by atoms with Crippen LogP contribution in [0.5, 0.6) is 0 Å². The second kappa shape index (κ2) is 56.3. The van der Waals surface area contributed by atoms with Crippen molar-refractivity contribution in [3.8, 4) is 0 Å². The molecule has 0 bridgehead atoms. The molecule has 0 amide bonds. The van der Waals surface area contributed by atoms with E-state index in [0.29, 0.717) is 31.6 Å². The van der Waals surface area contributed by atoms with Gasteiger partial charge in [-0.05, 0) is 43.4 Å². The van der Waals surface area contributed by atoms with Crippen molar-refractivity contribution >= 4 is 39.5 Å².